The van der Waals surface area contributed by atoms with Crippen molar-refractivity contribution in [3.05, 3.63) is 11.3 Å². The molecule has 0 aromatic carbocycles. The van der Waals surface area contributed by atoms with E-state index in [1.165, 1.54) is 16.7 Å². The van der Waals surface area contributed by atoms with Gasteiger partial charge in [-0.25, -0.2) is 4.79 Å². The monoisotopic (exact) mass is 347 g/mol. The number of carboxylic acids is 1. The summed E-state index contributed by atoms with van der Waals surface area (Å²) in [6.07, 6.45) is 0. The van der Waals surface area contributed by atoms with Crippen LogP contribution in [0.1, 0.15) is 0 Å². The molecule has 112 valence electrons. The van der Waals surface area contributed by atoms with Crippen LogP contribution in [0.15, 0.2) is 11.3 Å². The number of thiocyanates is 1. The van der Waals surface area contributed by atoms with Gasteiger partial charge in [0.2, 0.25) is 5.91 Å². The summed E-state index contributed by atoms with van der Waals surface area (Å²) in [6.45, 7) is 0. The zero-order chi connectivity index (χ0) is 15.6. The summed E-state index contributed by atoms with van der Waals surface area (Å²) in [7, 11) is 0. The van der Waals surface area contributed by atoms with Crippen molar-refractivity contribution >= 4 is 52.9 Å². The van der Waals surface area contributed by atoms with Crippen molar-refractivity contribution in [1.29, 1.82) is 5.26 Å². The number of nitrogens with zero attached hydrogens (tertiary/aromatic N) is 2. The van der Waals surface area contributed by atoms with E-state index in [9.17, 15) is 19.5 Å². The van der Waals surface area contributed by atoms with Gasteiger partial charge in [0.05, 0.1) is 0 Å². The largest absolute Gasteiger partial charge is 0.477 e. The van der Waals surface area contributed by atoms with Crippen molar-refractivity contribution in [2.45, 2.75) is 11.4 Å². The molecule has 2 unspecified atom stereocenters. The van der Waals surface area contributed by atoms with Crippen LogP contribution in [-0.4, -0.2) is 56.6 Å². The number of nitriles is 1. The van der Waals surface area contributed by atoms with Crippen molar-refractivity contribution in [3.8, 4) is 5.40 Å². The number of aliphatic carboxylic acids is 1. The van der Waals surface area contributed by atoms with Crippen molar-refractivity contribution in [2.75, 3.05) is 17.4 Å². The Morgan fingerprint density at radius 1 is 1.62 bits per heavy atom. The van der Waals surface area contributed by atoms with Gasteiger partial charge in [-0.1, -0.05) is 0 Å². The second-order valence-corrected chi connectivity index (χ2v) is 6.36. The second kappa shape index (κ2) is 6.60. The van der Waals surface area contributed by atoms with E-state index in [1.54, 1.807) is 0 Å². The highest BCUT2D eigenvalue weighted by atomic mass is 35.5. The van der Waals surface area contributed by atoms with Gasteiger partial charge in [0.25, 0.3) is 5.91 Å². The lowest BCUT2D eigenvalue weighted by molar-refractivity contribution is -0.150. The highest BCUT2D eigenvalue weighted by Crippen LogP contribution is 2.40. The third-order valence-electron chi connectivity index (χ3n) is 3.00. The highest BCUT2D eigenvalue weighted by molar-refractivity contribution is 8.04. The Balaban J connectivity index is 2.20. The minimum atomic E-state index is -1.20. The Morgan fingerprint density at radius 2 is 2.33 bits per heavy atom. The average molecular weight is 348 g/mol. The van der Waals surface area contributed by atoms with Crippen LogP contribution in [-0.2, 0) is 14.4 Å². The summed E-state index contributed by atoms with van der Waals surface area (Å²) in [5, 5.41) is 21.8. The van der Waals surface area contributed by atoms with E-state index in [1.807, 2.05) is 5.40 Å². The zero-order valence-electron chi connectivity index (χ0n) is 10.5. The summed E-state index contributed by atoms with van der Waals surface area (Å²) < 4.78 is 0. The number of carbonyl (C=O) groups is 3. The summed E-state index contributed by atoms with van der Waals surface area (Å²) in [5.74, 6) is -1.76. The number of rotatable bonds is 5. The van der Waals surface area contributed by atoms with Crippen LogP contribution in [0.4, 0.5) is 0 Å². The molecule has 7 nitrogen and oxygen atoms in total. The quantitative estimate of drug-likeness (QED) is 0.414. The number of β-lactam (4-membered cyclic amide) rings is 1. The lowest BCUT2D eigenvalue weighted by atomic mass is 10.0. The van der Waals surface area contributed by atoms with Gasteiger partial charge in [-0.15, -0.1) is 23.4 Å². The van der Waals surface area contributed by atoms with Crippen molar-refractivity contribution < 1.29 is 19.5 Å². The third kappa shape index (κ3) is 2.97. The Hall–Kier alpha value is -1.37. The van der Waals surface area contributed by atoms with Gasteiger partial charge in [-0.3, -0.25) is 14.5 Å². The lowest BCUT2D eigenvalue weighted by Crippen LogP contribution is -2.70. The Kier molecular flexibility index (Phi) is 5.03. The fourth-order valence-electron chi connectivity index (χ4n) is 2.13. The molecular weight excluding hydrogens is 338 g/mol. The first-order valence-corrected chi connectivity index (χ1v) is 8.34. The minimum absolute atomic E-state index is 0.0807. The molecule has 0 bridgehead atoms. The minimum Gasteiger partial charge on any atom is -0.477 e. The molecule has 0 radical (unpaired) electrons. The molecule has 0 aromatic heterocycles. The smallest absolute Gasteiger partial charge is 0.352 e. The molecule has 10 heteroatoms. The summed E-state index contributed by atoms with van der Waals surface area (Å²) in [6, 6.07) is -0.749. The fourth-order valence-corrected chi connectivity index (χ4v) is 4.16. The summed E-state index contributed by atoms with van der Waals surface area (Å²) in [4.78, 5) is 35.9. The van der Waals surface area contributed by atoms with Crippen LogP contribution >= 0.6 is 35.1 Å². The lowest BCUT2D eigenvalue weighted by Gasteiger charge is -2.49. The molecule has 0 spiro atoms. The van der Waals surface area contributed by atoms with Gasteiger partial charge in [-0.2, -0.15) is 5.26 Å². The van der Waals surface area contributed by atoms with Gasteiger partial charge in [0.1, 0.15) is 28.4 Å². The number of nitrogens with one attached hydrogen (secondary N) is 1. The molecule has 2 aliphatic rings. The van der Waals surface area contributed by atoms with Gasteiger partial charge in [0, 0.05) is 11.5 Å². The average Bonchev–Trinajstić information content (AvgIpc) is 2.48. The van der Waals surface area contributed by atoms with Crippen LogP contribution in [0.3, 0.4) is 0 Å². The topological polar surface area (TPSA) is 110 Å². The molecule has 2 rings (SSSR count). The molecule has 2 heterocycles. The fraction of sp³-hybridized carbons (Fsp3) is 0.455. The Morgan fingerprint density at radius 3 is 2.90 bits per heavy atom. The first-order chi connectivity index (χ1) is 10.0. The van der Waals surface area contributed by atoms with Gasteiger partial charge < -0.3 is 10.4 Å². The molecule has 0 saturated carbocycles. The molecule has 0 aromatic rings. The van der Waals surface area contributed by atoms with Crippen molar-refractivity contribution in [2.24, 2.45) is 0 Å². The maximum absolute atomic E-state index is 12.1. The molecular formula is C11H10ClN3O4S2. The van der Waals surface area contributed by atoms with Crippen molar-refractivity contribution in [3.63, 3.8) is 0 Å². The SMILES string of the molecule is N#CSCC1=C(C(=O)O)N2C(=O)C(NC(=O)CCl)C2SC1. The van der Waals surface area contributed by atoms with Crippen molar-refractivity contribution in [1.82, 2.24) is 10.2 Å². The Labute approximate surface area is 133 Å². The van der Waals surface area contributed by atoms with Gasteiger partial charge >= 0.3 is 5.97 Å². The molecule has 21 heavy (non-hydrogen) atoms. The van der Waals surface area contributed by atoms with Gasteiger partial charge in [-0.05, 0) is 17.3 Å². The molecule has 0 aliphatic carbocycles. The standard InChI is InChI=1S/C11H10ClN3O4S2/c12-1-6(16)14-7-9(17)15-8(11(18)19)5(2-20-4-13)3-21-10(7)15/h7,10H,1-3H2,(H,14,16)(H,18,19). The van der Waals surface area contributed by atoms with Crippen LogP contribution in [0.25, 0.3) is 0 Å². The van der Waals surface area contributed by atoms with E-state index in [4.69, 9.17) is 16.9 Å². The number of thioether (sulfide) groups is 2. The third-order valence-corrected chi connectivity index (χ3v) is 5.20. The van der Waals surface area contributed by atoms with E-state index in [0.29, 0.717) is 11.3 Å². The maximum atomic E-state index is 12.1. The van der Waals surface area contributed by atoms with E-state index >= 15 is 0 Å². The molecule has 1 fully saturated rings. The number of carbonyl (C=O) groups excluding carboxylic acids is 2. The number of halogens is 1. The first kappa shape index (κ1) is 16.0. The molecule has 2 amide bonds. The highest BCUT2D eigenvalue weighted by Gasteiger charge is 2.53. The number of fused-ring (bicyclic) bond motifs is 1. The van der Waals surface area contributed by atoms with E-state index in [2.05, 4.69) is 5.32 Å². The van der Waals surface area contributed by atoms with E-state index in [0.717, 1.165) is 11.8 Å². The molecule has 1 saturated heterocycles. The first-order valence-electron chi connectivity index (χ1n) is 5.77. The Bertz CT molecular complexity index is 574. The number of alkyl halides is 1. The second-order valence-electron chi connectivity index (χ2n) is 4.23. The predicted octanol–water partition coefficient (Wildman–Crippen LogP) is 0.178. The molecule has 2 atom stereocenters. The van der Waals surface area contributed by atoms with Crippen LogP contribution in [0.5, 0.6) is 0 Å². The predicted molar refractivity (Wildman–Crippen MR) is 78.5 cm³/mol. The number of amides is 2. The normalized spacial score (nSPS) is 24.0. The van der Waals surface area contributed by atoms with Crippen LogP contribution < -0.4 is 5.32 Å². The maximum Gasteiger partial charge on any atom is 0.352 e. The number of carboxylic acid groups (broad SMARTS) is 1. The zero-order valence-corrected chi connectivity index (χ0v) is 12.9. The molecule has 2 N–H and O–H groups in total. The van der Waals surface area contributed by atoms with Gasteiger partial charge in [0.15, 0.2) is 0 Å². The number of hydrogen-bond donors (Lipinski definition) is 2. The molecule has 2 aliphatic heterocycles. The van der Waals surface area contributed by atoms with E-state index < -0.39 is 29.2 Å². The van der Waals surface area contributed by atoms with E-state index in [-0.39, 0.29) is 17.3 Å². The van der Waals surface area contributed by atoms with Crippen LogP contribution in [0, 0.1) is 10.7 Å². The summed E-state index contributed by atoms with van der Waals surface area (Å²) in [5.41, 5.74) is 0.452. The number of hydrogen-bond acceptors (Lipinski definition) is 6. The summed E-state index contributed by atoms with van der Waals surface area (Å²) >= 11 is 7.66. The van der Waals surface area contributed by atoms with Crippen LogP contribution in [0.2, 0.25) is 0 Å².